The lowest BCUT2D eigenvalue weighted by molar-refractivity contribution is -0.250. The molecule has 1 aromatic rings. The molecule has 1 aliphatic carbocycles. The Kier molecular flexibility index (Phi) is 3.10. The van der Waals surface area contributed by atoms with Crippen LogP contribution < -0.4 is 4.90 Å². The molecule has 1 atom stereocenters. The van der Waals surface area contributed by atoms with Crippen molar-refractivity contribution in [2.75, 3.05) is 18.0 Å². The minimum atomic E-state index is -4.68. The number of β-amino-alcohol motifs (C(OH)–C–C–N with tert-alkyl or cyclic N) is 1. The SMILES string of the molecule is N#Cc1cc2c(nc1N1CCC(O)(C(F)(F)F)C1)CCC2. The monoisotopic (exact) mass is 297 g/mol. The first-order valence-corrected chi connectivity index (χ1v) is 6.81. The number of nitriles is 1. The van der Waals surface area contributed by atoms with E-state index in [-0.39, 0.29) is 17.9 Å². The van der Waals surface area contributed by atoms with Crippen LogP contribution >= 0.6 is 0 Å². The van der Waals surface area contributed by atoms with Crippen LogP contribution in [0.2, 0.25) is 0 Å². The third-order valence-electron chi connectivity index (χ3n) is 4.23. The number of rotatable bonds is 1. The van der Waals surface area contributed by atoms with Crippen molar-refractivity contribution >= 4 is 5.82 Å². The van der Waals surface area contributed by atoms with E-state index < -0.39 is 24.7 Å². The molecule has 7 heteroatoms. The summed E-state index contributed by atoms with van der Waals surface area (Å²) in [5, 5.41) is 18.9. The zero-order valence-electron chi connectivity index (χ0n) is 11.2. The van der Waals surface area contributed by atoms with Crippen molar-refractivity contribution in [2.24, 2.45) is 0 Å². The van der Waals surface area contributed by atoms with Crippen molar-refractivity contribution in [1.29, 1.82) is 5.26 Å². The Labute approximate surface area is 119 Å². The number of halogens is 3. The van der Waals surface area contributed by atoms with Gasteiger partial charge in [-0.05, 0) is 30.9 Å². The van der Waals surface area contributed by atoms with Gasteiger partial charge in [0.2, 0.25) is 0 Å². The number of pyridine rings is 1. The quantitative estimate of drug-likeness (QED) is 0.860. The van der Waals surface area contributed by atoms with Gasteiger partial charge in [-0.1, -0.05) is 0 Å². The van der Waals surface area contributed by atoms with E-state index in [0.717, 1.165) is 30.5 Å². The van der Waals surface area contributed by atoms with E-state index in [0.29, 0.717) is 0 Å². The van der Waals surface area contributed by atoms with E-state index in [1.165, 1.54) is 4.90 Å². The largest absolute Gasteiger partial charge is 0.418 e. The molecule has 21 heavy (non-hydrogen) atoms. The molecule has 0 amide bonds. The van der Waals surface area contributed by atoms with Crippen molar-refractivity contribution in [2.45, 2.75) is 37.5 Å². The van der Waals surface area contributed by atoms with Gasteiger partial charge in [-0.25, -0.2) is 4.98 Å². The van der Waals surface area contributed by atoms with E-state index in [4.69, 9.17) is 0 Å². The van der Waals surface area contributed by atoms with Gasteiger partial charge in [-0.15, -0.1) is 0 Å². The minimum Gasteiger partial charge on any atom is -0.379 e. The van der Waals surface area contributed by atoms with Crippen molar-refractivity contribution in [3.05, 3.63) is 22.9 Å². The average Bonchev–Trinajstić information content (AvgIpc) is 3.02. The third kappa shape index (κ3) is 2.23. The third-order valence-corrected chi connectivity index (χ3v) is 4.23. The van der Waals surface area contributed by atoms with Crippen LogP contribution in [0, 0.1) is 11.3 Å². The molecule has 1 N–H and O–H groups in total. The van der Waals surface area contributed by atoms with Gasteiger partial charge < -0.3 is 10.0 Å². The molecule has 4 nitrogen and oxygen atoms in total. The average molecular weight is 297 g/mol. The molecule has 0 aromatic carbocycles. The Balaban J connectivity index is 1.94. The number of fused-ring (bicyclic) bond motifs is 1. The van der Waals surface area contributed by atoms with E-state index >= 15 is 0 Å². The maximum atomic E-state index is 12.9. The molecule has 0 saturated carbocycles. The van der Waals surface area contributed by atoms with E-state index in [2.05, 4.69) is 4.98 Å². The number of hydrogen-bond acceptors (Lipinski definition) is 4. The standard InChI is InChI=1S/C14H14F3N3O/c15-14(16,17)13(21)4-5-20(8-13)12-10(7-18)6-9-2-1-3-11(9)19-12/h6,21H,1-5,8H2. The van der Waals surface area contributed by atoms with Crippen molar-refractivity contribution in [1.82, 2.24) is 4.98 Å². The van der Waals surface area contributed by atoms with E-state index in [1.54, 1.807) is 6.07 Å². The van der Waals surface area contributed by atoms with Gasteiger partial charge in [0.05, 0.1) is 12.1 Å². The summed E-state index contributed by atoms with van der Waals surface area (Å²) in [7, 11) is 0. The van der Waals surface area contributed by atoms with Gasteiger partial charge in [0.1, 0.15) is 11.9 Å². The summed E-state index contributed by atoms with van der Waals surface area (Å²) in [4.78, 5) is 5.74. The molecule has 1 saturated heterocycles. The second-order valence-corrected chi connectivity index (χ2v) is 5.63. The van der Waals surface area contributed by atoms with Crippen LogP contribution in [-0.4, -0.2) is 35.0 Å². The molecule has 1 fully saturated rings. The fraction of sp³-hybridized carbons (Fsp3) is 0.571. The van der Waals surface area contributed by atoms with Gasteiger partial charge in [0.15, 0.2) is 5.60 Å². The van der Waals surface area contributed by atoms with Crippen LogP contribution in [0.15, 0.2) is 6.07 Å². The second-order valence-electron chi connectivity index (χ2n) is 5.63. The number of aliphatic hydroxyl groups is 1. The molecule has 112 valence electrons. The van der Waals surface area contributed by atoms with Gasteiger partial charge in [-0.3, -0.25) is 0 Å². The lowest BCUT2D eigenvalue weighted by Crippen LogP contribution is -2.47. The van der Waals surface area contributed by atoms with Crippen molar-refractivity contribution in [3.8, 4) is 6.07 Å². The molecule has 0 spiro atoms. The predicted octanol–water partition coefficient (Wildman–Crippen LogP) is 1.95. The molecule has 0 radical (unpaired) electrons. The van der Waals surface area contributed by atoms with Crippen LogP contribution in [0.25, 0.3) is 0 Å². The smallest absolute Gasteiger partial charge is 0.379 e. The van der Waals surface area contributed by atoms with E-state index in [1.807, 2.05) is 6.07 Å². The van der Waals surface area contributed by atoms with Crippen LogP contribution in [0.3, 0.4) is 0 Å². The highest BCUT2D eigenvalue weighted by Crippen LogP contribution is 2.40. The summed E-state index contributed by atoms with van der Waals surface area (Å²) >= 11 is 0. The number of aromatic nitrogens is 1. The van der Waals surface area contributed by atoms with Crippen LogP contribution in [0.1, 0.15) is 29.7 Å². The molecule has 2 heterocycles. The number of nitrogens with zero attached hydrogens (tertiary/aromatic N) is 3. The molecular formula is C14H14F3N3O. The Morgan fingerprint density at radius 3 is 2.76 bits per heavy atom. The summed E-state index contributed by atoms with van der Waals surface area (Å²) < 4.78 is 38.6. The molecule has 1 unspecified atom stereocenters. The number of alkyl halides is 3. The van der Waals surface area contributed by atoms with Crippen LogP contribution in [-0.2, 0) is 12.8 Å². The Hall–Kier alpha value is -1.81. The summed E-state index contributed by atoms with van der Waals surface area (Å²) in [5.41, 5.74) is -0.588. The van der Waals surface area contributed by atoms with E-state index in [9.17, 15) is 23.5 Å². The molecule has 0 bridgehead atoms. The maximum Gasteiger partial charge on any atom is 0.418 e. The topological polar surface area (TPSA) is 60.2 Å². The fourth-order valence-electron chi connectivity index (χ4n) is 2.99. The molecule has 1 aliphatic heterocycles. The first-order valence-electron chi connectivity index (χ1n) is 6.81. The fourth-order valence-corrected chi connectivity index (χ4v) is 2.99. The number of anilines is 1. The van der Waals surface area contributed by atoms with Gasteiger partial charge >= 0.3 is 6.18 Å². The normalized spacial score (nSPS) is 25.0. The van der Waals surface area contributed by atoms with Crippen molar-refractivity contribution in [3.63, 3.8) is 0 Å². The summed E-state index contributed by atoms with van der Waals surface area (Å²) in [6.45, 7) is -0.534. The molecule has 3 rings (SSSR count). The lowest BCUT2D eigenvalue weighted by Gasteiger charge is -2.26. The lowest BCUT2D eigenvalue weighted by atomic mass is 10.0. The second kappa shape index (κ2) is 4.60. The minimum absolute atomic E-state index is 0.0382. The Morgan fingerprint density at radius 1 is 1.38 bits per heavy atom. The highest BCUT2D eigenvalue weighted by Gasteiger charge is 2.57. The first-order chi connectivity index (χ1) is 9.84. The first kappa shape index (κ1) is 14.1. The Bertz CT molecular complexity index is 623. The van der Waals surface area contributed by atoms with Crippen LogP contribution in [0.4, 0.5) is 19.0 Å². The predicted molar refractivity (Wildman–Crippen MR) is 68.8 cm³/mol. The van der Waals surface area contributed by atoms with Crippen molar-refractivity contribution < 1.29 is 18.3 Å². The van der Waals surface area contributed by atoms with Gasteiger partial charge in [0, 0.05) is 18.7 Å². The molecule has 1 aromatic heterocycles. The zero-order chi connectivity index (χ0) is 15.3. The Morgan fingerprint density at radius 2 is 2.14 bits per heavy atom. The highest BCUT2D eigenvalue weighted by atomic mass is 19.4. The van der Waals surface area contributed by atoms with Crippen LogP contribution in [0.5, 0.6) is 0 Å². The van der Waals surface area contributed by atoms with Gasteiger partial charge in [0.25, 0.3) is 0 Å². The maximum absolute atomic E-state index is 12.9. The summed E-state index contributed by atoms with van der Waals surface area (Å²) in [6.07, 6.45) is -2.50. The molecular weight excluding hydrogens is 283 g/mol. The highest BCUT2D eigenvalue weighted by molar-refractivity contribution is 5.57. The molecule has 2 aliphatic rings. The van der Waals surface area contributed by atoms with Gasteiger partial charge in [-0.2, -0.15) is 18.4 Å². The number of hydrogen-bond donors (Lipinski definition) is 1. The zero-order valence-corrected chi connectivity index (χ0v) is 11.2. The summed E-state index contributed by atoms with van der Waals surface area (Å²) in [5.74, 6) is 0.262. The summed E-state index contributed by atoms with van der Waals surface area (Å²) in [6, 6.07) is 3.72. The number of aryl methyl sites for hydroxylation is 2.